The van der Waals surface area contributed by atoms with E-state index in [9.17, 15) is 4.79 Å². The first-order chi connectivity index (χ1) is 10.2. The lowest BCUT2D eigenvalue weighted by atomic mass is 9.93. The van der Waals surface area contributed by atoms with Gasteiger partial charge in [-0.05, 0) is 65.2 Å². The van der Waals surface area contributed by atoms with Gasteiger partial charge in [-0.25, -0.2) is 0 Å². The number of hydrogen-bond donors (Lipinski definition) is 1. The highest BCUT2D eigenvalue weighted by atomic mass is 35.5. The first kappa shape index (κ1) is 19.7. The second-order valence-electron chi connectivity index (χ2n) is 7.06. The molecule has 0 aromatic rings. The molecule has 2 aliphatic rings. The Morgan fingerprint density at radius 3 is 2.27 bits per heavy atom. The molecule has 2 fully saturated rings. The number of halogens is 1. The van der Waals surface area contributed by atoms with Crippen LogP contribution in [0, 0.1) is 5.92 Å². The monoisotopic (exact) mass is 331 g/mol. The van der Waals surface area contributed by atoms with Gasteiger partial charge in [0.15, 0.2) is 0 Å². The van der Waals surface area contributed by atoms with Crippen LogP contribution in [-0.2, 0) is 4.79 Å². The van der Waals surface area contributed by atoms with Crippen molar-refractivity contribution in [3.63, 3.8) is 0 Å². The van der Waals surface area contributed by atoms with Crippen LogP contribution in [0.2, 0.25) is 0 Å². The Morgan fingerprint density at radius 2 is 1.68 bits per heavy atom. The smallest absolute Gasteiger partial charge is 0.222 e. The van der Waals surface area contributed by atoms with E-state index in [2.05, 4.69) is 29.2 Å². The molecule has 22 heavy (non-hydrogen) atoms. The van der Waals surface area contributed by atoms with Gasteiger partial charge < -0.3 is 15.1 Å². The van der Waals surface area contributed by atoms with Crippen molar-refractivity contribution in [2.75, 3.05) is 40.3 Å². The minimum Gasteiger partial charge on any atom is -0.338 e. The van der Waals surface area contributed by atoms with Crippen molar-refractivity contribution in [1.29, 1.82) is 0 Å². The molecule has 5 heteroatoms. The normalized spacial score (nSPS) is 20.1. The predicted octanol–water partition coefficient (Wildman–Crippen LogP) is 2.52. The molecule has 1 amide bonds. The van der Waals surface area contributed by atoms with E-state index in [-0.39, 0.29) is 12.4 Å². The molecule has 1 N–H and O–H groups in total. The maximum Gasteiger partial charge on any atom is 0.222 e. The summed E-state index contributed by atoms with van der Waals surface area (Å²) in [5.74, 6) is 1.16. The topological polar surface area (TPSA) is 35.6 Å². The number of nitrogens with zero attached hydrogens (tertiary/aromatic N) is 2. The Bertz CT molecular complexity index is 313. The summed E-state index contributed by atoms with van der Waals surface area (Å²) in [6, 6.07) is 0.519. The van der Waals surface area contributed by atoms with E-state index >= 15 is 0 Å². The van der Waals surface area contributed by atoms with Crippen LogP contribution in [0.15, 0.2) is 0 Å². The van der Waals surface area contributed by atoms with E-state index in [4.69, 9.17) is 0 Å². The van der Waals surface area contributed by atoms with Crippen molar-refractivity contribution in [1.82, 2.24) is 15.1 Å². The lowest BCUT2D eigenvalue weighted by Crippen LogP contribution is -2.42. The van der Waals surface area contributed by atoms with E-state index in [0.717, 1.165) is 44.9 Å². The van der Waals surface area contributed by atoms with E-state index in [1.54, 1.807) is 0 Å². The first-order valence-electron chi connectivity index (χ1n) is 8.81. The average molecular weight is 332 g/mol. The molecule has 1 saturated carbocycles. The lowest BCUT2D eigenvalue weighted by Gasteiger charge is -2.31. The van der Waals surface area contributed by atoms with Crippen LogP contribution in [-0.4, -0.2) is 62.0 Å². The van der Waals surface area contributed by atoms with Crippen LogP contribution in [0.5, 0.6) is 0 Å². The molecule has 0 spiro atoms. The van der Waals surface area contributed by atoms with Crippen LogP contribution in [0.25, 0.3) is 0 Å². The van der Waals surface area contributed by atoms with Crippen molar-refractivity contribution in [3.05, 3.63) is 0 Å². The van der Waals surface area contributed by atoms with Crippen molar-refractivity contribution < 1.29 is 4.79 Å². The number of nitrogens with one attached hydrogen (secondary N) is 1. The van der Waals surface area contributed by atoms with Crippen LogP contribution in [0.4, 0.5) is 0 Å². The van der Waals surface area contributed by atoms with Crippen molar-refractivity contribution in [2.45, 2.75) is 57.4 Å². The average Bonchev–Trinajstić information content (AvgIpc) is 3.00. The lowest BCUT2D eigenvalue weighted by molar-refractivity contribution is -0.134. The third kappa shape index (κ3) is 6.43. The second-order valence-corrected chi connectivity index (χ2v) is 7.06. The fourth-order valence-corrected chi connectivity index (χ4v) is 3.68. The Balaban J connectivity index is 0.00000242. The largest absolute Gasteiger partial charge is 0.338 e. The van der Waals surface area contributed by atoms with Gasteiger partial charge in [-0.15, -0.1) is 12.4 Å². The Labute approximate surface area is 142 Å². The minimum atomic E-state index is 0. The van der Waals surface area contributed by atoms with Crippen LogP contribution in [0.1, 0.15) is 51.4 Å². The molecule has 1 saturated heterocycles. The number of amides is 1. The van der Waals surface area contributed by atoms with Crippen LogP contribution < -0.4 is 5.32 Å². The number of carbonyl (C=O) groups is 1. The minimum absolute atomic E-state index is 0. The summed E-state index contributed by atoms with van der Waals surface area (Å²) in [5.41, 5.74) is 0. The Hall–Kier alpha value is -0.320. The first-order valence-corrected chi connectivity index (χ1v) is 8.81. The van der Waals surface area contributed by atoms with Crippen molar-refractivity contribution >= 4 is 18.3 Å². The van der Waals surface area contributed by atoms with E-state index in [0.29, 0.717) is 11.9 Å². The molecule has 0 radical (unpaired) electrons. The standard InChI is InChI=1S/C17H33N3O.ClH/c1-19(2)13-14-20(16-5-3-4-6-16)17(21)8-7-15-9-11-18-12-10-15;/h15-16,18H,3-14H2,1-2H3;1H. The van der Waals surface area contributed by atoms with Gasteiger partial charge in [-0.1, -0.05) is 12.8 Å². The fourth-order valence-electron chi connectivity index (χ4n) is 3.68. The van der Waals surface area contributed by atoms with Gasteiger partial charge in [0.1, 0.15) is 0 Å². The summed E-state index contributed by atoms with van der Waals surface area (Å²) >= 11 is 0. The zero-order valence-corrected chi connectivity index (χ0v) is 15.2. The van der Waals surface area contributed by atoms with Gasteiger partial charge in [0.2, 0.25) is 5.91 Å². The number of hydrogen-bond acceptors (Lipinski definition) is 3. The summed E-state index contributed by atoms with van der Waals surface area (Å²) in [6.07, 6.45) is 9.36. The molecule has 1 heterocycles. The summed E-state index contributed by atoms with van der Waals surface area (Å²) in [5, 5.41) is 3.40. The number of likely N-dealkylation sites (N-methyl/N-ethyl adjacent to an activating group) is 1. The molecule has 1 aliphatic heterocycles. The third-order valence-corrected chi connectivity index (χ3v) is 5.10. The predicted molar refractivity (Wildman–Crippen MR) is 94.6 cm³/mol. The Kier molecular flexibility index (Phi) is 9.37. The summed E-state index contributed by atoms with van der Waals surface area (Å²) < 4.78 is 0. The SMILES string of the molecule is CN(C)CCN(C(=O)CCC1CCNCC1)C1CCCC1.Cl. The van der Waals surface area contributed by atoms with Crippen molar-refractivity contribution in [2.24, 2.45) is 5.92 Å². The van der Waals surface area contributed by atoms with Gasteiger partial charge in [0.05, 0.1) is 0 Å². The molecule has 0 aromatic carbocycles. The van der Waals surface area contributed by atoms with E-state index < -0.39 is 0 Å². The second kappa shape index (κ2) is 10.5. The van der Waals surface area contributed by atoms with Crippen LogP contribution in [0.3, 0.4) is 0 Å². The molecule has 0 unspecified atom stereocenters. The summed E-state index contributed by atoms with van der Waals surface area (Å²) in [6.45, 7) is 4.15. The fraction of sp³-hybridized carbons (Fsp3) is 0.941. The molecule has 0 bridgehead atoms. The Morgan fingerprint density at radius 1 is 1.05 bits per heavy atom. The molecule has 0 atom stereocenters. The van der Waals surface area contributed by atoms with Gasteiger partial charge in [0.25, 0.3) is 0 Å². The van der Waals surface area contributed by atoms with Gasteiger partial charge in [0, 0.05) is 25.6 Å². The maximum absolute atomic E-state index is 12.7. The van der Waals surface area contributed by atoms with E-state index in [1.165, 1.54) is 38.5 Å². The quantitative estimate of drug-likeness (QED) is 0.778. The van der Waals surface area contributed by atoms with Crippen LogP contribution >= 0.6 is 12.4 Å². The molecular weight excluding hydrogens is 298 g/mol. The maximum atomic E-state index is 12.7. The molecule has 130 valence electrons. The molecule has 1 aliphatic carbocycles. The molecular formula is C17H34ClN3O. The van der Waals surface area contributed by atoms with Crippen molar-refractivity contribution in [3.8, 4) is 0 Å². The van der Waals surface area contributed by atoms with E-state index in [1.807, 2.05) is 0 Å². The number of carbonyl (C=O) groups excluding carboxylic acids is 1. The van der Waals surface area contributed by atoms with Gasteiger partial charge >= 0.3 is 0 Å². The summed E-state index contributed by atoms with van der Waals surface area (Å²) in [4.78, 5) is 17.1. The highest BCUT2D eigenvalue weighted by Gasteiger charge is 2.26. The molecule has 0 aromatic heterocycles. The molecule has 2 rings (SSSR count). The highest BCUT2D eigenvalue weighted by molar-refractivity contribution is 5.85. The highest BCUT2D eigenvalue weighted by Crippen LogP contribution is 2.25. The number of piperidine rings is 1. The third-order valence-electron chi connectivity index (χ3n) is 5.10. The molecule has 4 nitrogen and oxygen atoms in total. The van der Waals surface area contributed by atoms with Gasteiger partial charge in [-0.3, -0.25) is 4.79 Å². The zero-order chi connectivity index (χ0) is 15.1. The zero-order valence-electron chi connectivity index (χ0n) is 14.4. The number of rotatable bonds is 7. The summed E-state index contributed by atoms with van der Waals surface area (Å²) in [7, 11) is 4.18. The van der Waals surface area contributed by atoms with Gasteiger partial charge in [-0.2, -0.15) is 0 Å².